The van der Waals surface area contributed by atoms with E-state index >= 15 is 0 Å². The molecular formula is C22H25ClF3N5O. The maximum absolute atomic E-state index is 14.4. The van der Waals surface area contributed by atoms with E-state index < -0.39 is 23.2 Å². The van der Waals surface area contributed by atoms with Gasteiger partial charge in [-0.2, -0.15) is 0 Å². The van der Waals surface area contributed by atoms with E-state index in [1.807, 2.05) is 6.92 Å². The highest BCUT2D eigenvalue weighted by Crippen LogP contribution is 2.37. The van der Waals surface area contributed by atoms with Crippen LogP contribution in [0.25, 0.3) is 0 Å². The SMILES string of the molecule is CC(C)N1CC(C)(C(=O)N2Cc3nc(Cl)nc(NCc4cccc(C(F)F)c4F)c3C2)C1. The third-order valence-corrected chi connectivity index (χ3v) is 6.35. The third kappa shape index (κ3) is 4.15. The zero-order valence-corrected chi connectivity index (χ0v) is 18.9. The summed E-state index contributed by atoms with van der Waals surface area (Å²) in [5, 5.41) is 2.99. The number of carbonyl (C=O) groups excluding carboxylic acids is 1. The smallest absolute Gasteiger partial charge is 0.266 e. The summed E-state index contributed by atoms with van der Waals surface area (Å²) >= 11 is 6.07. The van der Waals surface area contributed by atoms with Gasteiger partial charge in [-0.1, -0.05) is 18.2 Å². The van der Waals surface area contributed by atoms with E-state index in [9.17, 15) is 18.0 Å². The fourth-order valence-electron chi connectivity index (χ4n) is 4.33. The first-order chi connectivity index (χ1) is 15.1. The maximum atomic E-state index is 14.4. The second kappa shape index (κ2) is 8.51. The molecule has 3 heterocycles. The van der Waals surface area contributed by atoms with E-state index in [1.54, 1.807) is 4.90 Å². The molecule has 4 rings (SSSR count). The van der Waals surface area contributed by atoms with E-state index in [0.717, 1.165) is 6.07 Å². The van der Waals surface area contributed by atoms with E-state index in [1.165, 1.54) is 12.1 Å². The normalized spacial score (nSPS) is 17.6. The number of likely N-dealkylation sites (tertiary alicyclic amines) is 1. The van der Waals surface area contributed by atoms with Crippen molar-refractivity contribution < 1.29 is 18.0 Å². The number of rotatable bonds is 6. The van der Waals surface area contributed by atoms with E-state index in [-0.39, 0.29) is 23.3 Å². The number of anilines is 1. The van der Waals surface area contributed by atoms with Gasteiger partial charge in [-0.15, -0.1) is 0 Å². The van der Waals surface area contributed by atoms with E-state index in [2.05, 4.69) is 34.0 Å². The topological polar surface area (TPSA) is 61.4 Å². The zero-order valence-electron chi connectivity index (χ0n) is 18.1. The van der Waals surface area contributed by atoms with Gasteiger partial charge in [-0.05, 0) is 32.4 Å². The van der Waals surface area contributed by atoms with Crippen molar-refractivity contribution in [1.29, 1.82) is 0 Å². The zero-order chi connectivity index (χ0) is 23.2. The summed E-state index contributed by atoms with van der Waals surface area (Å²) in [7, 11) is 0. The molecule has 1 aromatic heterocycles. The third-order valence-electron chi connectivity index (χ3n) is 6.18. The van der Waals surface area contributed by atoms with Crippen molar-refractivity contribution in [2.24, 2.45) is 5.41 Å². The first kappa shape index (κ1) is 22.8. The van der Waals surface area contributed by atoms with Crippen molar-refractivity contribution in [3.8, 4) is 0 Å². The molecule has 0 bridgehead atoms. The second-order valence-electron chi connectivity index (χ2n) is 8.96. The highest BCUT2D eigenvalue weighted by Gasteiger charge is 2.48. The highest BCUT2D eigenvalue weighted by molar-refractivity contribution is 6.28. The van der Waals surface area contributed by atoms with Crippen molar-refractivity contribution in [2.75, 3.05) is 18.4 Å². The minimum Gasteiger partial charge on any atom is -0.365 e. The Bertz CT molecular complexity index is 1040. The van der Waals surface area contributed by atoms with Crippen LogP contribution in [0.5, 0.6) is 0 Å². The lowest BCUT2D eigenvalue weighted by Crippen LogP contribution is -2.63. The van der Waals surface area contributed by atoms with Crippen LogP contribution >= 0.6 is 11.6 Å². The quantitative estimate of drug-likeness (QED) is 0.638. The van der Waals surface area contributed by atoms with Gasteiger partial charge in [0.1, 0.15) is 11.6 Å². The molecule has 0 radical (unpaired) electrons. The van der Waals surface area contributed by atoms with Crippen LogP contribution in [0, 0.1) is 11.2 Å². The Kier molecular flexibility index (Phi) is 6.06. The number of hydrogen-bond acceptors (Lipinski definition) is 5. The Labute approximate surface area is 189 Å². The summed E-state index contributed by atoms with van der Waals surface area (Å²) in [4.78, 5) is 25.6. The summed E-state index contributed by atoms with van der Waals surface area (Å²) in [5.74, 6) is -0.527. The van der Waals surface area contributed by atoms with Crippen molar-refractivity contribution in [1.82, 2.24) is 19.8 Å². The van der Waals surface area contributed by atoms with E-state index in [4.69, 9.17) is 11.6 Å². The molecule has 1 aromatic carbocycles. The average molecular weight is 468 g/mol. The van der Waals surface area contributed by atoms with Crippen LogP contribution in [0.15, 0.2) is 18.2 Å². The number of hydrogen-bond donors (Lipinski definition) is 1. The molecule has 10 heteroatoms. The molecule has 2 aliphatic rings. The van der Waals surface area contributed by atoms with Crippen LogP contribution < -0.4 is 5.32 Å². The first-order valence-corrected chi connectivity index (χ1v) is 10.8. The van der Waals surface area contributed by atoms with Crippen molar-refractivity contribution >= 4 is 23.3 Å². The molecule has 1 amide bonds. The largest absolute Gasteiger partial charge is 0.365 e. The van der Waals surface area contributed by atoms with Gasteiger partial charge in [-0.3, -0.25) is 9.69 Å². The number of benzene rings is 1. The molecule has 32 heavy (non-hydrogen) atoms. The highest BCUT2D eigenvalue weighted by atomic mass is 35.5. The van der Waals surface area contributed by atoms with Gasteiger partial charge in [0, 0.05) is 36.8 Å². The Morgan fingerprint density at radius 2 is 1.97 bits per heavy atom. The molecule has 2 aromatic rings. The summed E-state index contributed by atoms with van der Waals surface area (Å²) in [5.41, 5.74) is 0.336. The monoisotopic (exact) mass is 467 g/mol. The first-order valence-electron chi connectivity index (χ1n) is 10.5. The Morgan fingerprint density at radius 3 is 2.62 bits per heavy atom. The average Bonchev–Trinajstić information content (AvgIpc) is 3.13. The van der Waals surface area contributed by atoms with Crippen molar-refractivity contribution in [2.45, 2.75) is 52.9 Å². The summed E-state index contributed by atoms with van der Waals surface area (Å²) < 4.78 is 40.3. The predicted octanol–water partition coefficient (Wildman–Crippen LogP) is 4.39. The summed E-state index contributed by atoms with van der Waals surface area (Å²) in [6.07, 6.45) is -2.90. The minimum atomic E-state index is -2.90. The molecule has 0 atom stereocenters. The van der Waals surface area contributed by atoms with E-state index in [0.29, 0.717) is 49.3 Å². The summed E-state index contributed by atoms with van der Waals surface area (Å²) in [6.45, 7) is 8.15. The number of halogens is 4. The fraction of sp³-hybridized carbons (Fsp3) is 0.500. The van der Waals surface area contributed by atoms with Gasteiger partial charge in [0.25, 0.3) is 6.43 Å². The lowest BCUT2D eigenvalue weighted by atomic mass is 9.79. The second-order valence-corrected chi connectivity index (χ2v) is 9.30. The van der Waals surface area contributed by atoms with Gasteiger partial charge >= 0.3 is 0 Å². The fourth-order valence-corrected chi connectivity index (χ4v) is 4.52. The molecule has 1 N–H and O–H groups in total. The Balaban J connectivity index is 1.50. The molecule has 0 aliphatic carbocycles. The number of alkyl halides is 2. The Hall–Kier alpha value is -2.39. The van der Waals surface area contributed by atoms with Crippen LogP contribution in [0.3, 0.4) is 0 Å². The molecular weight excluding hydrogens is 443 g/mol. The van der Waals surface area contributed by atoms with Gasteiger partial charge in [0.15, 0.2) is 0 Å². The summed E-state index contributed by atoms with van der Waals surface area (Å²) in [6, 6.07) is 4.27. The number of aromatic nitrogens is 2. The lowest BCUT2D eigenvalue weighted by Gasteiger charge is -2.50. The standard InChI is InChI=1S/C22H25ClF3N5O/c1-12(2)31-10-22(3,11-31)20(32)30-8-15-16(9-30)28-21(23)29-19(15)27-7-13-5-4-6-14(17(13)24)18(25)26/h4-6,12,18H,7-11H2,1-3H3,(H,27,28,29). The molecule has 0 spiro atoms. The van der Waals surface area contributed by atoms with Crippen LogP contribution in [0.4, 0.5) is 19.0 Å². The number of nitrogens with zero attached hydrogens (tertiary/aromatic N) is 4. The van der Waals surface area contributed by atoms with Gasteiger partial charge < -0.3 is 10.2 Å². The van der Waals surface area contributed by atoms with Crippen molar-refractivity contribution in [3.05, 3.63) is 51.7 Å². The Morgan fingerprint density at radius 1 is 1.25 bits per heavy atom. The molecule has 0 saturated carbocycles. The molecule has 6 nitrogen and oxygen atoms in total. The molecule has 172 valence electrons. The molecule has 1 fully saturated rings. The molecule has 0 unspecified atom stereocenters. The van der Waals surface area contributed by atoms with Crippen LogP contribution in [-0.4, -0.2) is 44.8 Å². The number of carbonyl (C=O) groups is 1. The molecule has 1 saturated heterocycles. The predicted molar refractivity (Wildman–Crippen MR) is 115 cm³/mol. The molecule has 2 aliphatic heterocycles. The number of nitrogens with one attached hydrogen (secondary N) is 1. The van der Waals surface area contributed by atoms with Crippen molar-refractivity contribution in [3.63, 3.8) is 0 Å². The van der Waals surface area contributed by atoms with Gasteiger partial charge in [-0.25, -0.2) is 23.1 Å². The lowest BCUT2D eigenvalue weighted by molar-refractivity contribution is -0.153. The maximum Gasteiger partial charge on any atom is 0.266 e. The number of fused-ring (bicyclic) bond motifs is 1. The van der Waals surface area contributed by atoms with Crippen LogP contribution in [-0.2, 0) is 24.4 Å². The van der Waals surface area contributed by atoms with Gasteiger partial charge in [0.05, 0.1) is 29.8 Å². The number of amides is 1. The minimum absolute atomic E-state index is 0.00295. The van der Waals surface area contributed by atoms with Crippen LogP contribution in [0.2, 0.25) is 5.28 Å². The van der Waals surface area contributed by atoms with Crippen LogP contribution in [0.1, 0.15) is 49.6 Å². The van der Waals surface area contributed by atoms with Gasteiger partial charge in [0.2, 0.25) is 11.2 Å².